The summed E-state index contributed by atoms with van der Waals surface area (Å²) in [6.07, 6.45) is 0. The van der Waals surface area contributed by atoms with Gasteiger partial charge in [-0.05, 0) is 32.4 Å². The fraction of sp³-hybridized carbons (Fsp3) is 0.200. The van der Waals surface area contributed by atoms with Crippen molar-refractivity contribution < 1.29 is 9.45 Å². The van der Waals surface area contributed by atoms with E-state index < -0.39 is 4.92 Å². The van der Waals surface area contributed by atoms with E-state index >= 15 is 0 Å². The molecule has 0 saturated carbocycles. The average molecular weight is 377 g/mol. The summed E-state index contributed by atoms with van der Waals surface area (Å²) in [6.45, 7) is 6.04. The lowest BCUT2D eigenvalue weighted by atomic mass is 10.2. The number of non-ortho nitro benzene ring substituents is 1. The largest absolute Gasteiger partial charge is 0.359 e. The minimum absolute atomic E-state index is 0.0401. The first-order valence-corrected chi connectivity index (χ1v) is 8.83. The molecule has 4 rings (SSSR count). The predicted octanol–water partition coefficient (Wildman–Crippen LogP) is 4.65. The monoisotopic (exact) mass is 377 g/mol. The Bertz CT molecular complexity index is 1160. The molecule has 0 aliphatic rings. The number of nitrogens with one attached hydrogen (secondary N) is 1. The van der Waals surface area contributed by atoms with Crippen LogP contribution in [0.3, 0.4) is 0 Å². The fourth-order valence-electron chi connectivity index (χ4n) is 3.30. The Morgan fingerprint density at radius 3 is 2.57 bits per heavy atom. The van der Waals surface area contributed by atoms with Gasteiger partial charge in [-0.1, -0.05) is 35.5 Å². The maximum absolute atomic E-state index is 11.7. The Hall–Kier alpha value is -3.68. The molecular weight excluding hydrogens is 358 g/mol. The van der Waals surface area contributed by atoms with Gasteiger partial charge in [-0.3, -0.25) is 10.1 Å². The summed E-state index contributed by atoms with van der Waals surface area (Å²) in [4.78, 5) is 15.7. The molecule has 0 unspecified atom stereocenters. The van der Waals surface area contributed by atoms with Crippen LogP contribution in [0.4, 0.5) is 17.1 Å². The minimum Gasteiger partial charge on any atom is -0.359 e. The second kappa shape index (κ2) is 6.80. The summed E-state index contributed by atoms with van der Waals surface area (Å²) in [5.41, 5.74) is 4.11. The molecule has 2 aromatic carbocycles. The first-order chi connectivity index (χ1) is 13.4. The van der Waals surface area contributed by atoms with Crippen molar-refractivity contribution in [3.63, 3.8) is 0 Å². The Balaban J connectivity index is 1.86. The molecule has 0 radical (unpaired) electrons. The molecule has 0 spiro atoms. The van der Waals surface area contributed by atoms with E-state index in [-0.39, 0.29) is 5.69 Å². The molecule has 0 aliphatic heterocycles. The van der Waals surface area contributed by atoms with Gasteiger partial charge in [0.25, 0.3) is 5.69 Å². The van der Waals surface area contributed by atoms with Gasteiger partial charge in [0.15, 0.2) is 11.3 Å². The zero-order valence-electron chi connectivity index (χ0n) is 15.8. The van der Waals surface area contributed by atoms with Crippen LogP contribution in [0, 0.1) is 30.9 Å². The predicted molar refractivity (Wildman–Crippen MR) is 106 cm³/mol. The normalized spacial score (nSPS) is 11.1. The topological polar surface area (TPSA) is 99.0 Å². The Kier molecular flexibility index (Phi) is 4.31. The van der Waals surface area contributed by atoms with Crippen LogP contribution in [-0.4, -0.2) is 19.6 Å². The molecule has 2 heterocycles. The maximum Gasteiger partial charge on any atom is 0.299 e. The number of anilines is 2. The van der Waals surface area contributed by atoms with Crippen LogP contribution in [0.15, 0.2) is 47.0 Å². The Labute approximate surface area is 160 Å². The molecule has 1 N–H and O–H groups in total. The number of nitrogens with zero attached hydrogens (tertiary/aromatic N) is 4. The van der Waals surface area contributed by atoms with Crippen LogP contribution in [0.5, 0.6) is 0 Å². The number of imidazole rings is 1. The Morgan fingerprint density at radius 1 is 1.18 bits per heavy atom. The van der Waals surface area contributed by atoms with Crippen molar-refractivity contribution in [1.29, 1.82) is 0 Å². The van der Waals surface area contributed by atoms with E-state index in [4.69, 9.17) is 4.52 Å². The number of hydrogen-bond donors (Lipinski definition) is 1. The van der Waals surface area contributed by atoms with E-state index in [1.165, 1.54) is 6.07 Å². The first-order valence-electron chi connectivity index (χ1n) is 8.83. The van der Waals surface area contributed by atoms with Crippen LogP contribution in [0.2, 0.25) is 0 Å². The SMILES string of the molecule is Cc1noc(C)c1Nc1cc([N+](=O)[O-])c2nc(C)n(Cc3ccccc3)c2c1. The zero-order valence-corrected chi connectivity index (χ0v) is 15.8. The standard InChI is InChI=1S/C20H19N5O3/c1-12-19(13(2)28-23-12)22-16-9-17-20(18(10-16)25(26)27)21-14(3)24(17)11-15-7-5-4-6-8-15/h4-10,22H,11H2,1-3H3. The van der Waals surface area contributed by atoms with Gasteiger partial charge in [0.05, 0.1) is 10.4 Å². The molecule has 142 valence electrons. The number of benzene rings is 2. The highest BCUT2D eigenvalue weighted by atomic mass is 16.6. The highest BCUT2D eigenvalue weighted by molar-refractivity contribution is 5.90. The summed E-state index contributed by atoms with van der Waals surface area (Å²) in [5.74, 6) is 1.34. The van der Waals surface area contributed by atoms with Crippen molar-refractivity contribution in [2.24, 2.45) is 0 Å². The van der Waals surface area contributed by atoms with Crippen molar-refractivity contribution in [1.82, 2.24) is 14.7 Å². The molecule has 0 aliphatic carbocycles. The maximum atomic E-state index is 11.7. The summed E-state index contributed by atoms with van der Waals surface area (Å²) in [6, 6.07) is 13.3. The van der Waals surface area contributed by atoms with Crippen LogP contribution >= 0.6 is 0 Å². The molecule has 8 heteroatoms. The summed E-state index contributed by atoms with van der Waals surface area (Å²) in [5, 5.41) is 18.8. The lowest BCUT2D eigenvalue weighted by molar-refractivity contribution is -0.383. The van der Waals surface area contributed by atoms with Gasteiger partial charge in [-0.2, -0.15) is 0 Å². The number of hydrogen-bond acceptors (Lipinski definition) is 6. The van der Waals surface area contributed by atoms with Crippen LogP contribution in [0.1, 0.15) is 22.8 Å². The van der Waals surface area contributed by atoms with Crippen LogP contribution < -0.4 is 5.32 Å². The molecule has 0 amide bonds. The van der Waals surface area contributed by atoms with Crippen LogP contribution in [-0.2, 0) is 6.54 Å². The second-order valence-corrected chi connectivity index (χ2v) is 6.68. The average Bonchev–Trinajstić information content (AvgIpc) is 3.16. The number of nitro benzene ring substituents is 1. The number of fused-ring (bicyclic) bond motifs is 1. The highest BCUT2D eigenvalue weighted by Gasteiger charge is 2.21. The van der Waals surface area contributed by atoms with E-state index in [0.29, 0.717) is 40.4 Å². The van der Waals surface area contributed by atoms with E-state index in [1.54, 1.807) is 6.92 Å². The van der Waals surface area contributed by atoms with Gasteiger partial charge in [0.1, 0.15) is 17.2 Å². The molecule has 28 heavy (non-hydrogen) atoms. The summed E-state index contributed by atoms with van der Waals surface area (Å²) >= 11 is 0. The molecule has 0 atom stereocenters. The third-order valence-electron chi connectivity index (χ3n) is 4.71. The van der Waals surface area contributed by atoms with Crippen LogP contribution in [0.25, 0.3) is 11.0 Å². The molecule has 0 bridgehead atoms. The van der Waals surface area contributed by atoms with Crippen molar-refractivity contribution in [2.75, 3.05) is 5.32 Å². The Morgan fingerprint density at radius 2 is 1.93 bits per heavy atom. The van der Waals surface area contributed by atoms with E-state index in [2.05, 4.69) is 15.5 Å². The van der Waals surface area contributed by atoms with Gasteiger partial charge in [0, 0.05) is 18.3 Å². The molecule has 4 aromatic rings. The third kappa shape index (κ3) is 3.09. The lowest BCUT2D eigenvalue weighted by Crippen LogP contribution is -2.02. The van der Waals surface area contributed by atoms with E-state index in [1.807, 2.05) is 54.8 Å². The number of nitro groups is 1. The minimum atomic E-state index is -0.403. The number of rotatable bonds is 5. The van der Waals surface area contributed by atoms with E-state index in [9.17, 15) is 10.1 Å². The van der Waals surface area contributed by atoms with E-state index in [0.717, 1.165) is 11.4 Å². The molecule has 0 saturated heterocycles. The first kappa shape index (κ1) is 17.7. The van der Waals surface area contributed by atoms with Gasteiger partial charge in [0.2, 0.25) is 0 Å². The van der Waals surface area contributed by atoms with Gasteiger partial charge >= 0.3 is 0 Å². The molecule has 8 nitrogen and oxygen atoms in total. The number of aryl methyl sites for hydroxylation is 3. The zero-order chi connectivity index (χ0) is 19.8. The summed E-state index contributed by atoms with van der Waals surface area (Å²) < 4.78 is 7.16. The quantitative estimate of drug-likeness (QED) is 0.401. The van der Waals surface area contributed by atoms with Crippen molar-refractivity contribution in [3.8, 4) is 0 Å². The van der Waals surface area contributed by atoms with Gasteiger partial charge < -0.3 is 14.4 Å². The van der Waals surface area contributed by atoms with Crippen molar-refractivity contribution in [3.05, 3.63) is 75.4 Å². The third-order valence-corrected chi connectivity index (χ3v) is 4.71. The second-order valence-electron chi connectivity index (χ2n) is 6.68. The van der Waals surface area contributed by atoms with Crippen molar-refractivity contribution >= 4 is 28.1 Å². The molecule has 0 fully saturated rings. The lowest BCUT2D eigenvalue weighted by Gasteiger charge is -2.09. The van der Waals surface area contributed by atoms with Gasteiger partial charge in [-0.25, -0.2) is 4.98 Å². The number of aromatic nitrogens is 3. The highest BCUT2D eigenvalue weighted by Crippen LogP contribution is 2.33. The van der Waals surface area contributed by atoms with Gasteiger partial charge in [-0.15, -0.1) is 0 Å². The smallest absolute Gasteiger partial charge is 0.299 e. The van der Waals surface area contributed by atoms with Crippen molar-refractivity contribution in [2.45, 2.75) is 27.3 Å². The molecular formula is C20H19N5O3. The summed E-state index contributed by atoms with van der Waals surface area (Å²) in [7, 11) is 0. The fourth-order valence-corrected chi connectivity index (χ4v) is 3.30. The molecule has 2 aromatic heterocycles.